The third-order valence-corrected chi connectivity index (χ3v) is 3.50. The molecule has 2 rings (SSSR count). The van der Waals surface area contributed by atoms with Crippen LogP contribution >= 0.6 is 23.1 Å². The zero-order chi connectivity index (χ0) is 13.0. The molecule has 0 aliphatic heterocycles. The number of ether oxygens (including phenoxy) is 1. The van der Waals surface area contributed by atoms with Crippen LogP contribution in [-0.4, -0.2) is 33.1 Å². The molecule has 2 heterocycles. The van der Waals surface area contributed by atoms with Gasteiger partial charge in [-0.2, -0.15) is 15.0 Å². The van der Waals surface area contributed by atoms with Crippen LogP contribution in [0.4, 0.5) is 5.95 Å². The maximum atomic E-state index is 5.48. The Kier molecular flexibility index (Phi) is 4.32. The van der Waals surface area contributed by atoms with Gasteiger partial charge in [-0.15, -0.1) is 11.3 Å². The zero-order valence-corrected chi connectivity index (χ0v) is 11.9. The van der Waals surface area contributed by atoms with Crippen molar-refractivity contribution in [3.63, 3.8) is 0 Å². The van der Waals surface area contributed by atoms with Crippen LogP contribution < -0.4 is 10.1 Å². The fourth-order valence-electron chi connectivity index (χ4n) is 1.10. The van der Waals surface area contributed by atoms with Crippen LogP contribution in [0.1, 0.15) is 13.8 Å². The van der Waals surface area contributed by atoms with Crippen LogP contribution in [0.2, 0.25) is 0 Å². The molecule has 96 valence electrons. The zero-order valence-electron chi connectivity index (χ0n) is 10.2. The van der Waals surface area contributed by atoms with Crippen molar-refractivity contribution in [3.05, 3.63) is 11.6 Å². The molecule has 2 aromatic heterocycles. The first kappa shape index (κ1) is 13.0. The molecule has 0 atom stereocenters. The molecule has 0 saturated heterocycles. The molecule has 0 amide bonds. The summed E-state index contributed by atoms with van der Waals surface area (Å²) in [7, 11) is 1.76. The van der Waals surface area contributed by atoms with E-state index in [-0.39, 0.29) is 6.10 Å². The van der Waals surface area contributed by atoms with E-state index < -0.39 is 0 Å². The topological polar surface area (TPSA) is 72.8 Å². The molecule has 0 bridgehead atoms. The van der Waals surface area contributed by atoms with Gasteiger partial charge in [0.2, 0.25) is 11.1 Å². The Morgan fingerprint density at radius 2 is 2.17 bits per heavy atom. The Balaban J connectivity index is 2.23. The lowest BCUT2D eigenvalue weighted by Gasteiger charge is -2.09. The summed E-state index contributed by atoms with van der Waals surface area (Å²) >= 11 is 2.93. The van der Waals surface area contributed by atoms with Gasteiger partial charge in [0.15, 0.2) is 4.34 Å². The normalized spacial score (nSPS) is 10.7. The lowest BCUT2D eigenvalue weighted by atomic mass is 10.5. The van der Waals surface area contributed by atoms with E-state index in [4.69, 9.17) is 4.74 Å². The van der Waals surface area contributed by atoms with Crippen molar-refractivity contribution in [3.8, 4) is 6.01 Å². The first-order valence-electron chi connectivity index (χ1n) is 5.35. The quantitative estimate of drug-likeness (QED) is 0.902. The summed E-state index contributed by atoms with van der Waals surface area (Å²) in [6.45, 7) is 3.85. The average Bonchev–Trinajstić information content (AvgIpc) is 2.80. The second kappa shape index (κ2) is 5.96. The van der Waals surface area contributed by atoms with Crippen LogP contribution in [0.5, 0.6) is 6.01 Å². The van der Waals surface area contributed by atoms with Crippen LogP contribution in [-0.2, 0) is 0 Å². The Morgan fingerprint density at radius 3 is 2.78 bits per heavy atom. The van der Waals surface area contributed by atoms with Gasteiger partial charge in [-0.05, 0) is 25.6 Å². The van der Waals surface area contributed by atoms with Gasteiger partial charge >= 0.3 is 6.01 Å². The molecule has 0 spiro atoms. The maximum absolute atomic E-state index is 5.48. The summed E-state index contributed by atoms with van der Waals surface area (Å²) in [5, 5.41) is 5.37. The van der Waals surface area contributed by atoms with E-state index in [1.807, 2.05) is 19.2 Å². The van der Waals surface area contributed by atoms with Crippen LogP contribution in [0.3, 0.4) is 0 Å². The van der Waals surface area contributed by atoms with Crippen LogP contribution in [0.25, 0.3) is 0 Å². The molecule has 0 aromatic carbocycles. The van der Waals surface area contributed by atoms with Gasteiger partial charge in [0.25, 0.3) is 0 Å². The van der Waals surface area contributed by atoms with Gasteiger partial charge in [0.05, 0.1) is 6.10 Å². The monoisotopic (exact) mass is 283 g/mol. The average molecular weight is 283 g/mol. The molecule has 2 aromatic rings. The molecule has 8 heteroatoms. The van der Waals surface area contributed by atoms with Gasteiger partial charge in [-0.25, -0.2) is 4.98 Å². The van der Waals surface area contributed by atoms with E-state index >= 15 is 0 Å². The van der Waals surface area contributed by atoms with E-state index in [2.05, 4.69) is 25.3 Å². The van der Waals surface area contributed by atoms with Gasteiger partial charge in [-0.3, -0.25) is 0 Å². The number of thiazole rings is 1. The number of nitrogens with one attached hydrogen (secondary N) is 1. The summed E-state index contributed by atoms with van der Waals surface area (Å²) in [6.07, 6.45) is 1.77. The Morgan fingerprint density at radius 1 is 1.33 bits per heavy atom. The third kappa shape index (κ3) is 3.54. The second-order valence-corrected chi connectivity index (χ2v) is 5.65. The smallest absolute Gasteiger partial charge is 0.322 e. The van der Waals surface area contributed by atoms with Crippen LogP contribution in [0.15, 0.2) is 21.1 Å². The van der Waals surface area contributed by atoms with Gasteiger partial charge in [0.1, 0.15) is 0 Å². The minimum Gasteiger partial charge on any atom is -0.461 e. The molecule has 0 aliphatic rings. The van der Waals surface area contributed by atoms with E-state index in [1.54, 1.807) is 24.6 Å². The highest BCUT2D eigenvalue weighted by Gasteiger charge is 2.10. The number of hydrogen-bond donors (Lipinski definition) is 1. The molecule has 0 aliphatic carbocycles. The SMILES string of the molecule is CNc1nc(OC(C)C)nc(Sc2nccs2)n1. The molecule has 0 saturated carbocycles. The van der Waals surface area contributed by atoms with Crippen molar-refractivity contribution in [1.82, 2.24) is 19.9 Å². The van der Waals surface area contributed by atoms with Crippen molar-refractivity contribution in [2.45, 2.75) is 29.4 Å². The van der Waals surface area contributed by atoms with Gasteiger partial charge < -0.3 is 10.1 Å². The predicted molar refractivity (Wildman–Crippen MR) is 71.4 cm³/mol. The predicted octanol–water partition coefficient (Wildman–Crippen LogP) is 2.31. The minimum absolute atomic E-state index is 0.0230. The van der Waals surface area contributed by atoms with Gasteiger partial charge in [0, 0.05) is 18.6 Å². The lowest BCUT2D eigenvalue weighted by molar-refractivity contribution is 0.219. The lowest BCUT2D eigenvalue weighted by Crippen LogP contribution is -2.10. The Hall–Kier alpha value is -1.41. The van der Waals surface area contributed by atoms with Crippen molar-refractivity contribution in [1.29, 1.82) is 0 Å². The number of anilines is 1. The molecular formula is C10H13N5OS2. The van der Waals surface area contributed by atoms with E-state index in [0.717, 1.165) is 4.34 Å². The fourth-order valence-corrected chi connectivity index (χ4v) is 2.57. The largest absolute Gasteiger partial charge is 0.461 e. The number of nitrogens with zero attached hydrogens (tertiary/aromatic N) is 4. The standard InChI is InChI=1S/C10H13N5OS2/c1-6(2)16-8-13-7(11-3)14-9(15-8)18-10-12-4-5-17-10/h4-6H,1-3H3,(H,11,13,14,15). The molecule has 18 heavy (non-hydrogen) atoms. The number of rotatable bonds is 5. The summed E-state index contributed by atoms with van der Waals surface area (Å²) in [5.74, 6) is 0.486. The Labute approximate surface area is 113 Å². The Bertz CT molecular complexity index is 503. The van der Waals surface area contributed by atoms with Crippen LogP contribution in [0, 0.1) is 0 Å². The first-order chi connectivity index (χ1) is 8.67. The highest BCUT2D eigenvalue weighted by molar-refractivity contribution is 8.00. The molecule has 0 fully saturated rings. The first-order valence-corrected chi connectivity index (χ1v) is 7.05. The van der Waals surface area contributed by atoms with Crippen molar-refractivity contribution in [2.75, 3.05) is 12.4 Å². The summed E-state index contributed by atoms with van der Waals surface area (Å²) in [4.78, 5) is 16.8. The van der Waals surface area contributed by atoms with E-state index in [9.17, 15) is 0 Å². The molecule has 6 nitrogen and oxygen atoms in total. The van der Waals surface area contributed by atoms with E-state index in [1.165, 1.54) is 11.8 Å². The summed E-state index contributed by atoms with van der Waals surface area (Å²) < 4.78 is 6.37. The molecule has 1 N–H and O–H groups in total. The third-order valence-electron chi connectivity index (χ3n) is 1.75. The van der Waals surface area contributed by atoms with Crippen molar-refractivity contribution in [2.24, 2.45) is 0 Å². The van der Waals surface area contributed by atoms with E-state index in [0.29, 0.717) is 17.1 Å². The van der Waals surface area contributed by atoms with Gasteiger partial charge in [-0.1, -0.05) is 0 Å². The molecule has 0 radical (unpaired) electrons. The number of aromatic nitrogens is 4. The maximum Gasteiger partial charge on any atom is 0.322 e. The summed E-state index contributed by atoms with van der Waals surface area (Å²) in [6, 6.07) is 0.323. The molecule has 0 unspecified atom stereocenters. The minimum atomic E-state index is 0.0230. The summed E-state index contributed by atoms with van der Waals surface area (Å²) in [5.41, 5.74) is 0. The fraction of sp³-hybridized carbons (Fsp3) is 0.400. The number of hydrogen-bond acceptors (Lipinski definition) is 8. The highest BCUT2D eigenvalue weighted by Crippen LogP contribution is 2.27. The molecular weight excluding hydrogens is 270 g/mol. The second-order valence-electron chi connectivity index (χ2n) is 3.54. The highest BCUT2D eigenvalue weighted by atomic mass is 32.2. The van der Waals surface area contributed by atoms with Crippen molar-refractivity contribution < 1.29 is 4.74 Å². The van der Waals surface area contributed by atoms with Crippen molar-refractivity contribution >= 4 is 29.0 Å².